The van der Waals surface area contributed by atoms with E-state index < -0.39 is 0 Å². The van der Waals surface area contributed by atoms with Crippen molar-refractivity contribution in [2.75, 3.05) is 19.3 Å². The summed E-state index contributed by atoms with van der Waals surface area (Å²) >= 11 is 0. The summed E-state index contributed by atoms with van der Waals surface area (Å²) in [7, 11) is 1.89. The van der Waals surface area contributed by atoms with Gasteiger partial charge in [0.05, 0.1) is 11.4 Å². The Balaban J connectivity index is 1.44. The Kier molecular flexibility index (Phi) is 2.98. The molecule has 1 amide bonds. The molecular formula is C16H24N4O. The fraction of sp³-hybridized carbons (Fsp3) is 0.750. The molecule has 5 nitrogen and oxygen atoms in total. The molecule has 0 spiro atoms. The number of aromatic amines is 1. The third kappa shape index (κ3) is 2.23. The minimum absolute atomic E-state index is 0.0292. The van der Waals surface area contributed by atoms with Crippen LogP contribution in [0, 0.1) is 17.8 Å². The summed E-state index contributed by atoms with van der Waals surface area (Å²) in [6.07, 6.45) is 7.74. The van der Waals surface area contributed by atoms with Gasteiger partial charge < -0.3 is 10.6 Å². The fourth-order valence-corrected chi connectivity index (χ4v) is 4.43. The number of carbonyl (C=O) groups excluding carboxylic acids is 1. The van der Waals surface area contributed by atoms with Gasteiger partial charge in [0.2, 0.25) is 0 Å². The van der Waals surface area contributed by atoms with Gasteiger partial charge in [-0.25, -0.2) is 0 Å². The molecule has 0 aliphatic heterocycles. The van der Waals surface area contributed by atoms with Gasteiger partial charge in [0, 0.05) is 19.5 Å². The zero-order valence-electron chi connectivity index (χ0n) is 12.6. The van der Waals surface area contributed by atoms with Crippen molar-refractivity contribution in [1.82, 2.24) is 15.1 Å². The number of carbonyl (C=O) groups is 1. The molecule has 1 aromatic heterocycles. The number of nitrogens with two attached hydrogens (primary N) is 1. The summed E-state index contributed by atoms with van der Waals surface area (Å²) in [5.41, 5.74) is 8.07. The maximum atomic E-state index is 12.6. The largest absolute Gasteiger partial charge is 0.395 e. The van der Waals surface area contributed by atoms with Crippen molar-refractivity contribution in [3.05, 3.63) is 11.4 Å². The van der Waals surface area contributed by atoms with Gasteiger partial charge in [0.1, 0.15) is 0 Å². The van der Waals surface area contributed by atoms with Gasteiger partial charge in [0.25, 0.3) is 5.91 Å². The molecule has 114 valence electrons. The van der Waals surface area contributed by atoms with E-state index in [1.54, 1.807) is 0 Å². The standard InChI is InChI=1S/C16H24N4O/c1-20(8-12-7-9-2-3-11(12)6-9)16(21)15-13(17)14(18-19-15)10-4-5-10/h9-12H,2-8,17H2,1H3,(H,18,19). The molecule has 0 saturated heterocycles. The number of hydrogen-bond donors (Lipinski definition) is 2. The maximum Gasteiger partial charge on any atom is 0.276 e. The zero-order chi connectivity index (χ0) is 14.6. The molecule has 1 heterocycles. The minimum Gasteiger partial charge on any atom is -0.395 e. The molecule has 3 N–H and O–H groups in total. The number of H-pyrrole nitrogens is 1. The van der Waals surface area contributed by atoms with Gasteiger partial charge in [0.15, 0.2) is 5.69 Å². The summed E-state index contributed by atoms with van der Waals surface area (Å²) < 4.78 is 0. The van der Waals surface area contributed by atoms with Crippen LogP contribution in [0.1, 0.15) is 60.6 Å². The van der Waals surface area contributed by atoms with E-state index in [1.165, 1.54) is 25.7 Å². The third-order valence-electron chi connectivity index (χ3n) is 5.76. The lowest BCUT2D eigenvalue weighted by atomic mass is 9.88. The van der Waals surface area contributed by atoms with Gasteiger partial charge in [-0.05, 0) is 49.9 Å². The van der Waals surface area contributed by atoms with Crippen molar-refractivity contribution in [1.29, 1.82) is 0 Å². The molecule has 3 fully saturated rings. The molecule has 3 aliphatic rings. The summed E-state index contributed by atoms with van der Waals surface area (Å²) in [6, 6.07) is 0. The van der Waals surface area contributed by atoms with Crippen LogP contribution in [0.2, 0.25) is 0 Å². The first kappa shape index (κ1) is 13.2. The highest BCUT2D eigenvalue weighted by molar-refractivity contribution is 5.97. The van der Waals surface area contributed by atoms with E-state index in [4.69, 9.17) is 5.73 Å². The highest BCUT2D eigenvalue weighted by atomic mass is 16.2. The van der Waals surface area contributed by atoms with Gasteiger partial charge >= 0.3 is 0 Å². The second kappa shape index (κ2) is 4.75. The van der Waals surface area contributed by atoms with Crippen molar-refractivity contribution in [3.8, 4) is 0 Å². The second-order valence-electron chi connectivity index (χ2n) is 7.29. The number of aromatic nitrogens is 2. The van der Waals surface area contributed by atoms with E-state index in [2.05, 4.69) is 10.2 Å². The average molecular weight is 288 g/mol. The van der Waals surface area contributed by atoms with Gasteiger partial charge in [-0.1, -0.05) is 6.42 Å². The topological polar surface area (TPSA) is 75.0 Å². The van der Waals surface area contributed by atoms with E-state index >= 15 is 0 Å². The third-order valence-corrected chi connectivity index (χ3v) is 5.76. The molecule has 3 unspecified atom stereocenters. The minimum atomic E-state index is -0.0292. The summed E-state index contributed by atoms with van der Waals surface area (Å²) in [5.74, 6) is 2.90. The number of amides is 1. The number of nitrogens with zero attached hydrogens (tertiary/aromatic N) is 2. The van der Waals surface area contributed by atoms with Crippen LogP contribution < -0.4 is 5.73 Å². The highest BCUT2D eigenvalue weighted by Gasteiger charge is 2.40. The first-order valence-corrected chi connectivity index (χ1v) is 8.22. The second-order valence-corrected chi connectivity index (χ2v) is 7.29. The van der Waals surface area contributed by atoms with E-state index in [-0.39, 0.29) is 5.91 Å². The van der Waals surface area contributed by atoms with Crippen LogP contribution in [0.3, 0.4) is 0 Å². The van der Waals surface area contributed by atoms with Crippen LogP contribution in [0.4, 0.5) is 5.69 Å². The molecule has 3 saturated carbocycles. The lowest BCUT2D eigenvalue weighted by molar-refractivity contribution is 0.0749. The summed E-state index contributed by atoms with van der Waals surface area (Å²) in [5, 5.41) is 7.15. The predicted octanol–water partition coefficient (Wildman–Crippen LogP) is 2.38. The Morgan fingerprint density at radius 2 is 2.14 bits per heavy atom. The Morgan fingerprint density at radius 1 is 1.33 bits per heavy atom. The van der Waals surface area contributed by atoms with E-state index in [9.17, 15) is 4.79 Å². The molecular weight excluding hydrogens is 264 g/mol. The fourth-order valence-electron chi connectivity index (χ4n) is 4.43. The van der Waals surface area contributed by atoms with E-state index in [1.807, 2.05) is 11.9 Å². The molecule has 3 atom stereocenters. The molecule has 1 aromatic rings. The first-order chi connectivity index (χ1) is 10.1. The van der Waals surface area contributed by atoms with Gasteiger partial charge in [-0.3, -0.25) is 9.89 Å². The number of rotatable bonds is 4. The van der Waals surface area contributed by atoms with Crippen molar-refractivity contribution in [2.45, 2.75) is 44.4 Å². The summed E-state index contributed by atoms with van der Waals surface area (Å²) in [6.45, 7) is 0.852. The number of hydrogen-bond acceptors (Lipinski definition) is 3. The first-order valence-electron chi connectivity index (χ1n) is 8.22. The van der Waals surface area contributed by atoms with Crippen molar-refractivity contribution in [3.63, 3.8) is 0 Å². The molecule has 4 rings (SSSR count). The van der Waals surface area contributed by atoms with Crippen molar-refractivity contribution in [2.24, 2.45) is 17.8 Å². The number of nitrogen functional groups attached to an aromatic ring is 1. The monoisotopic (exact) mass is 288 g/mol. The average Bonchev–Trinajstić information content (AvgIpc) is 2.92. The van der Waals surface area contributed by atoms with Crippen LogP contribution in [0.15, 0.2) is 0 Å². The zero-order valence-corrected chi connectivity index (χ0v) is 12.6. The van der Waals surface area contributed by atoms with Crippen molar-refractivity contribution >= 4 is 11.6 Å². The summed E-state index contributed by atoms with van der Waals surface area (Å²) in [4.78, 5) is 14.4. The Bertz CT molecular complexity index is 563. The lowest BCUT2D eigenvalue weighted by Gasteiger charge is -2.26. The lowest BCUT2D eigenvalue weighted by Crippen LogP contribution is -2.34. The maximum absolute atomic E-state index is 12.6. The number of fused-ring (bicyclic) bond motifs is 2. The van der Waals surface area contributed by atoms with Crippen LogP contribution in [-0.2, 0) is 0 Å². The van der Waals surface area contributed by atoms with Gasteiger partial charge in [-0.2, -0.15) is 5.10 Å². The quantitative estimate of drug-likeness (QED) is 0.893. The SMILES string of the molecule is CN(CC1CC2CCC1C2)C(=O)c1n[nH]c(C2CC2)c1N. The number of anilines is 1. The van der Waals surface area contributed by atoms with E-state index in [0.717, 1.165) is 36.9 Å². The molecule has 3 aliphatic carbocycles. The molecule has 21 heavy (non-hydrogen) atoms. The van der Waals surface area contributed by atoms with Gasteiger partial charge in [-0.15, -0.1) is 0 Å². The molecule has 0 radical (unpaired) electrons. The normalized spacial score (nSPS) is 30.8. The Morgan fingerprint density at radius 3 is 2.76 bits per heavy atom. The molecule has 2 bridgehead atoms. The van der Waals surface area contributed by atoms with E-state index in [0.29, 0.717) is 23.2 Å². The smallest absolute Gasteiger partial charge is 0.276 e. The van der Waals surface area contributed by atoms with Crippen LogP contribution in [-0.4, -0.2) is 34.6 Å². The van der Waals surface area contributed by atoms with Crippen LogP contribution in [0.25, 0.3) is 0 Å². The predicted molar refractivity (Wildman–Crippen MR) is 80.9 cm³/mol. The highest BCUT2D eigenvalue weighted by Crippen LogP contribution is 2.48. The molecule has 0 aromatic carbocycles. The van der Waals surface area contributed by atoms with Crippen LogP contribution >= 0.6 is 0 Å². The Hall–Kier alpha value is -1.52. The van der Waals surface area contributed by atoms with Crippen LogP contribution in [0.5, 0.6) is 0 Å². The van der Waals surface area contributed by atoms with Crippen molar-refractivity contribution < 1.29 is 4.79 Å². The number of nitrogens with one attached hydrogen (secondary N) is 1. The Labute approximate surface area is 125 Å². The molecule has 5 heteroatoms.